The molecule has 112 valence electrons. The highest BCUT2D eigenvalue weighted by Gasteiger charge is 2.27. The zero-order valence-electron chi connectivity index (χ0n) is 12.4. The van der Waals surface area contributed by atoms with Gasteiger partial charge in [-0.15, -0.1) is 10.2 Å². The second-order valence-electron chi connectivity index (χ2n) is 6.49. The van der Waals surface area contributed by atoms with E-state index in [9.17, 15) is 4.79 Å². The normalized spacial score (nSPS) is 17.0. The Morgan fingerprint density at radius 2 is 2.00 bits per heavy atom. The van der Waals surface area contributed by atoms with Crippen molar-refractivity contribution in [2.75, 3.05) is 6.54 Å². The molecule has 0 aromatic carbocycles. The second-order valence-corrected chi connectivity index (χ2v) is 6.49. The van der Waals surface area contributed by atoms with Crippen LogP contribution in [0.25, 0.3) is 0 Å². The predicted molar refractivity (Wildman–Crippen MR) is 73.3 cm³/mol. The zero-order chi connectivity index (χ0) is 14.8. The quantitative estimate of drug-likeness (QED) is 0.891. The lowest BCUT2D eigenvalue weighted by Gasteiger charge is -2.25. The lowest BCUT2D eigenvalue weighted by atomic mass is 9.97. The van der Waals surface area contributed by atoms with Crippen LogP contribution in [-0.4, -0.2) is 38.8 Å². The highest BCUT2D eigenvalue weighted by atomic mass is 16.4. The van der Waals surface area contributed by atoms with Crippen molar-refractivity contribution in [1.82, 2.24) is 15.1 Å². The highest BCUT2D eigenvalue weighted by Crippen LogP contribution is 2.25. The molecule has 0 saturated heterocycles. The van der Waals surface area contributed by atoms with Crippen LogP contribution in [0.15, 0.2) is 4.42 Å². The van der Waals surface area contributed by atoms with Crippen LogP contribution >= 0.6 is 0 Å². The SMILES string of the molecule is CC(C)(C)c1nnc(CN(CC(=O)O)C2CCCC2)o1. The summed E-state index contributed by atoms with van der Waals surface area (Å²) in [5, 5.41) is 17.2. The Labute approximate surface area is 119 Å². The van der Waals surface area contributed by atoms with Crippen molar-refractivity contribution in [3.63, 3.8) is 0 Å². The Morgan fingerprint density at radius 3 is 2.50 bits per heavy atom. The molecule has 0 atom stereocenters. The van der Waals surface area contributed by atoms with Gasteiger partial charge in [-0.3, -0.25) is 9.69 Å². The molecule has 20 heavy (non-hydrogen) atoms. The van der Waals surface area contributed by atoms with Gasteiger partial charge in [0.1, 0.15) is 0 Å². The molecular weight excluding hydrogens is 258 g/mol. The lowest BCUT2D eigenvalue weighted by molar-refractivity contribution is -0.139. The summed E-state index contributed by atoms with van der Waals surface area (Å²) in [7, 11) is 0. The second kappa shape index (κ2) is 5.91. The summed E-state index contributed by atoms with van der Waals surface area (Å²) in [5.74, 6) is 0.282. The maximum atomic E-state index is 11.0. The molecule has 1 fully saturated rings. The van der Waals surface area contributed by atoms with Gasteiger partial charge in [-0.25, -0.2) is 0 Å². The molecule has 2 rings (SSSR count). The number of aromatic nitrogens is 2. The van der Waals surface area contributed by atoms with Crippen LogP contribution in [0.5, 0.6) is 0 Å². The van der Waals surface area contributed by atoms with Gasteiger partial charge in [0.25, 0.3) is 0 Å². The first-order valence-electron chi connectivity index (χ1n) is 7.15. The molecule has 1 heterocycles. The van der Waals surface area contributed by atoms with E-state index in [1.165, 1.54) is 0 Å². The van der Waals surface area contributed by atoms with E-state index < -0.39 is 5.97 Å². The summed E-state index contributed by atoms with van der Waals surface area (Å²) >= 11 is 0. The molecule has 1 aliphatic carbocycles. The van der Waals surface area contributed by atoms with E-state index in [0.717, 1.165) is 25.7 Å². The molecule has 6 heteroatoms. The lowest BCUT2D eigenvalue weighted by Crippen LogP contribution is -2.37. The average Bonchev–Trinajstić information content (AvgIpc) is 2.97. The van der Waals surface area contributed by atoms with Crippen molar-refractivity contribution in [2.24, 2.45) is 0 Å². The zero-order valence-corrected chi connectivity index (χ0v) is 12.4. The molecule has 0 radical (unpaired) electrons. The maximum absolute atomic E-state index is 11.0. The summed E-state index contributed by atoms with van der Waals surface area (Å²) in [6.07, 6.45) is 4.43. The van der Waals surface area contributed by atoms with Gasteiger partial charge in [0, 0.05) is 11.5 Å². The number of carbonyl (C=O) groups is 1. The molecule has 0 amide bonds. The van der Waals surface area contributed by atoms with Gasteiger partial charge in [-0.05, 0) is 12.8 Å². The third-order valence-electron chi connectivity index (χ3n) is 3.63. The van der Waals surface area contributed by atoms with Gasteiger partial charge in [0.05, 0.1) is 13.1 Å². The minimum Gasteiger partial charge on any atom is -0.480 e. The van der Waals surface area contributed by atoms with Gasteiger partial charge < -0.3 is 9.52 Å². The van der Waals surface area contributed by atoms with Gasteiger partial charge in [0.2, 0.25) is 11.8 Å². The topological polar surface area (TPSA) is 79.5 Å². The van der Waals surface area contributed by atoms with Crippen molar-refractivity contribution in [2.45, 2.75) is 64.5 Å². The molecule has 0 aliphatic heterocycles. The fourth-order valence-electron chi connectivity index (χ4n) is 2.55. The molecule has 1 N–H and O–H groups in total. The maximum Gasteiger partial charge on any atom is 0.317 e. The number of hydrogen-bond acceptors (Lipinski definition) is 5. The van der Waals surface area contributed by atoms with E-state index in [4.69, 9.17) is 9.52 Å². The minimum atomic E-state index is -0.813. The smallest absolute Gasteiger partial charge is 0.317 e. The number of aliphatic carboxylic acids is 1. The molecule has 0 bridgehead atoms. The van der Waals surface area contributed by atoms with Gasteiger partial charge in [0.15, 0.2) is 0 Å². The average molecular weight is 281 g/mol. The Morgan fingerprint density at radius 1 is 1.35 bits per heavy atom. The number of rotatable bonds is 5. The molecule has 6 nitrogen and oxygen atoms in total. The van der Waals surface area contributed by atoms with Crippen molar-refractivity contribution in [1.29, 1.82) is 0 Å². The summed E-state index contributed by atoms with van der Waals surface area (Å²) in [5.41, 5.74) is -0.184. The Bertz CT molecular complexity index is 458. The van der Waals surface area contributed by atoms with Crippen LogP contribution in [0.4, 0.5) is 0 Å². The van der Waals surface area contributed by atoms with E-state index in [1.807, 2.05) is 25.7 Å². The van der Waals surface area contributed by atoms with Crippen LogP contribution in [0, 0.1) is 0 Å². The summed E-state index contributed by atoms with van der Waals surface area (Å²) < 4.78 is 5.66. The van der Waals surface area contributed by atoms with E-state index in [1.54, 1.807) is 0 Å². The van der Waals surface area contributed by atoms with E-state index in [2.05, 4.69) is 10.2 Å². The van der Waals surface area contributed by atoms with Crippen LogP contribution in [0.2, 0.25) is 0 Å². The fraction of sp³-hybridized carbons (Fsp3) is 0.786. The number of nitrogens with zero attached hydrogens (tertiary/aromatic N) is 3. The van der Waals surface area contributed by atoms with Crippen molar-refractivity contribution >= 4 is 5.97 Å². The number of carboxylic acid groups (broad SMARTS) is 1. The molecule has 0 unspecified atom stereocenters. The Balaban J connectivity index is 2.06. The minimum absolute atomic E-state index is 0.0257. The molecular formula is C14H23N3O3. The Hall–Kier alpha value is -1.43. The summed E-state index contributed by atoms with van der Waals surface area (Å²) in [6.45, 7) is 6.47. The standard InChI is InChI=1S/C14H23N3O3/c1-14(2,3)13-16-15-11(20-13)8-17(9-12(18)19)10-6-4-5-7-10/h10H,4-9H2,1-3H3,(H,18,19). The largest absolute Gasteiger partial charge is 0.480 e. The Kier molecular flexibility index (Phi) is 4.42. The number of carboxylic acids is 1. The molecule has 1 saturated carbocycles. The van der Waals surface area contributed by atoms with Crippen LogP contribution < -0.4 is 0 Å². The first kappa shape index (κ1) is 15.0. The highest BCUT2D eigenvalue weighted by molar-refractivity contribution is 5.69. The summed E-state index contributed by atoms with van der Waals surface area (Å²) in [6, 6.07) is 0.316. The summed E-state index contributed by atoms with van der Waals surface area (Å²) in [4.78, 5) is 13.0. The molecule has 1 aliphatic rings. The first-order valence-corrected chi connectivity index (χ1v) is 7.15. The van der Waals surface area contributed by atoms with Gasteiger partial charge >= 0.3 is 5.97 Å². The predicted octanol–water partition coefficient (Wildman–Crippen LogP) is 2.20. The van der Waals surface area contributed by atoms with Gasteiger partial charge in [-0.1, -0.05) is 33.6 Å². The number of hydrogen-bond donors (Lipinski definition) is 1. The monoisotopic (exact) mass is 281 g/mol. The van der Waals surface area contributed by atoms with Crippen molar-refractivity contribution in [3.05, 3.63) is 11.8 Å². The fourth-order valence-corrected chi connectivity index (χ4v) is 2.55. The van der Waals surface area contributed by atoms with E-state index >= 15 is 0 Å². The van der Waals surface area contributed by atoms with Crippen LogP contribution in [-0.2, 0) is 16.8 Å². The van der Waals surface area contributed by atoms with Crippen molar-refractivity contribution in [3.8, 4) is 0 Å². The van der Waals surface area contributed by atoms with Crippen LogP contribution in [0.3, 0.4) is 0 Å². The third kappa shape index (κ3) is 3.79. The molecule has 0 spiro atoms. The van der Waals surface area contributed by atoms with E-state index in [-0.39, 0.29) is 12.0 Å². The van der Waals surface area contributed by atoms with Crippen LogP contribution in [0.1, 0.15) is 58.2 Å². The third-order valence-corrected chi connectivity index (χ3v) is 3.63. The first-order chi connectivity index (χ1) is 9.36. The van der Waals surface area contributed by atoms with E-state index in [0.29, 0.717) is 24.4 Å². The molecule has 1 aromatic heterocycles. The van der Waals surface area contributed by atoms with Gasteiger partial charge in [-0.2, -0.15) is 0 Å². The van der Waals surface area contributed by atoms with Crippen molar-refractivity contribution < 1.29 is 14.3 Å². The molecule has 1 aromatic rings.